The number of amides is 2. The zero-order valence-corrected chi connectivity index (χ0v) is 13.1. The third-order valence-corrected chi connectivity index (χ3v) is 3.58. The molecule has 0 saturated heterocycles. The van der Waals surface area contributed by atoms with Gasteiger partial charge >= 0.3 is 6.09 Å². The maximum absolute atomic E-state index is 12.3. The van der Waals surface area contributed by atoms with Crippen molar-refractivity contribution in [2.45, 2.75) is 13.0 Å². The highest BCUT2D eigenvalue weighted by Gasteiger charge is 2.39. The first-order valence-electron chi connectivity index (χ1n) is 6.07. The molecule has 1 aliphatic heterocycles. The molecule has 2 heterocycles. The third kappa shape index (κ3) is 3.30. The first-order valence-corrected chi connectivity index (χ1v) is 7.84. The van der Waals surface area contributed by atoms with Gasteiger partial charge in [0.15, 0.2) is 5.82 Å². The summed E-state index contributed by atoms with van der Waals surface area (Å²) < 4.78 is 5.03. The van der Waals surface area contributed by atoms with Gasteiger partial charge in [0, 0.05) is 5.75 Å². The van der Waals surface area contributed by atoms with E-state index in [1.807, 2.05) is 6.26 Å². The zero-order chi connectivity index (χ0) is 15.6. The van der Waals surface area contributed by atoms with Gasteiger partial charge in [-0.25, -0.2) is 14.7 Å². The lowest BCUT2D eigenvalue weighted by molar-refractivity contribution is -0.117. The Morgan fingerprint density at radius 1 is 1.62 bits per heavy atom. The number of fused-ring (bicyclic) bond motifs is 1. The van der Waals surface area contributed by atoms with Crippen molar-refractivity contribution in [2.24, 2.45) is 0 Å². The van der Waals surface area contributed by atoms with Gasteiger partial charge in [-0.1, -0.05) is 18.2 Å². The van der Waals surface area contributed by atoms with Crippen LogP contribution in [0.4, 0.5) is 16.3 Å². The third-order valence-electron chi connectivity index (χ3n) is 2.72. The molecule has 1 atom stereocenters. The van der Waals surface area contributed by atoms with E-state index in [2.05, 4.69) is 16.9 Å². The van der Waals surface area contributed by atoms with Gasteiger partial charge in [-0.3, -0.25) is 4.79 Å². The molecule has 1 aromatic rings. The summed E-state index contributed by atoms with van der Waals surface area (Å²) in [5.41, 5.74) is 0.417. The van der Waals surface area contributed by atoms with Crippen molar-refractivity contribution in [3.05, 3.63) is 29.6 Å². The second-order valence-corrected chi connectivity index (χ2v) is 5.70. The Hall–Kier alpha value is -1.73. The summed E-state index contributed by atoms with van der Waals surface area (Å²) in [5.74, 6) is 0.620. The minimum absolute atomic E-state index is 0.223. The smallest absolute Gasteiger partial charge is 0.415 e. The van der Waals surface area contributed by atoms with E-state index in [-0.39, 0.29) is 22.6 Å². The number of hydrogen-bond acceptors (Lipinski definition) is 5. The number of anilines is 2. The minimum Gasteiger partial charge on any atom is -0.415 e. The van der Waals surface area contributed by atoms with Crippen LogP contribution < -0.4 is 10.2 Å². The van der Waals surface area contributed by atoms with Gasteiger partial charge in [-0.05, 0) is 25.3 Å². The van der Waals surface area contributed by atoms with Gasteiger partial charge in [-0.15, -0.1) is 0 Å². The number of hydrogen-bond donors (Lipinski definition) is 1. The number of rotatable bonds is 3. The predicted molar refractivity (Wildman–Crippen MR) is 83.8 cm³/mol. The Morgan fingerprint density at radius 3 is 2.95 bits per heavy atom. The summed E-state index contributed by atoms with van der Waals surface area (Å²) in [4.78, 5) is 29.8. The molecular formula is C13H14ClN3O3S. The maximum Gasteiger partial charge on any atom is 0.421 e. The normalized spacial score (nSPS) is 17.0. The summed E-state index contributed by atoms with van der Waals surface area (Å²) >= 11 is 7.33. The number of pyridine rings is 1. The molecule has 0 aliphatic carbocycles. The fourth-order valence-electron chi connectivity index (χ4n) is 1.91. The molecule has 112 valence electrons. The Labute approximate surface area is 131 Å². The first-order chi connectivity index (χ1) is 9.93. The van der Waals surface area contributed by atoms with Crippen LogP contribution in [0.25, 0.3) is 0 Å². The van der Waals surface area contributed by atoms with Crippen molar-refractivity contribution in [1.29, 1.82) is 0 Å². The van der Waals surface area contributed by atoms with Gasteiger partial charge in [0.05, 0.1) is 11.4 Å². The van der Waals surface area contributed by atoms with Crippen LogP contribution in [-0.2, 0) is 9.53 Å². The highest BCUT2D eigenvalue weighted by Crippen LogP contribution is 2.33. The van der Waals surface area contributed by atoms with E-state index in [0.29, 0.717) is 11.4 Å². The fourth-order valence-corrected chi connectivity index (χ4v) is 2.67. The quantitative estimate of drug-likeness (QED) is 0.682. The standard InChI is InChI=1S/C13H14ClN3O3S/c1-7(2)20-13(19)17-9(6-21-3)12(18)15-8-4-5-10(14)16-11(8)17/h4-5,9H,1,6H2,2-3H3,(H,15,18). The van der Waals surface area contributed by atoms with Crippen molar-refractivity contribution in [1.82, 2.24) is 4.98 Å². The number of carbonyl (C=O) groups is 2. The number of thioether (sulfide) groups is 1. The van der Waals surface area contributed by atoms with Gasteiger partial charge < -0.3 is 10.1 Å². The monoisotopic (exact) mass is 327 g/mol. The summed E-state index contributed by atoms with van der Waals surface area (Å²) in [6, 6.07) is 2.42. The lowest BCUT2D eigenvalue weighted by Gasteiger charge is -2.34. The Bertz CT molecular complexity index is 608. The number of allylic oxidation sites excluding steroid dienone is 1. The van der Waals surface area contributed by atoms with E-state index in [9.17, 15) is 9.59 Å². The van der Waals surface area contributed by atoms with Gasteiger partial charge in [-0.2, -0.15) is 11.8 Å². The Kier molecular flexibility index (Phi) is 4.74. The lowest BCUT2D eigenvalue weighted by Crippen LogP contribution is -2.53. The van der Waals surface area contributed by atoms with Crippen LogP contribution in [0, 0.1) is 0 Å². The van der Waals surface area contributed by atoms with E-state index in [1.54, 1.807) is 13.0 Å². The van der Waals surface area contributed by atoms with Crippen molar-refractivity contribution >= 4 is 46.9 Å². The van der Waals surface area contributed by atoms with Crippen molar-refractivity contribution in [3.63, 3.8) is 0 Å². The summed E-state index contributed by atoms with van der Waals surface area (Å²) in [6.07, 6.45) is 1.14. The SMILES string of the molecule is C=C(C)OC(=O)N1c2nc(Cl)ccc2NC(=O)C1CSC. The molecule has 1 aromatic heterocycles. The average molecular weight is 328 g/mol. The topological polar surface area (TPSA) is 71.5 Å². The Balaban J connectivity index is 2.48. The van der Waals surface area contributed by atoms with Gasteiger partial charge in [0.25, 0.3) is 0 Å². The van der Waals surface area contributed by atoms with Crippen molar-refractivity contribution in [3.8, 4) is 0 Å². The van der Waals surface area contributed by atoms with Gasteiger partial charge in [0.1, 0.15) is 11.2 Å². The fraction of sp³-hybridized carbons (Fsp3) is 0.308. The lowest BCUT2D eigenvalue weighted by atomic mass is 10.2. The highest BCUT2D eigenvalue weighted by molar-refractivity contribution is 7.98. The van der Waals surface area contributed by atoms with Gasteiger partial charge in [0.2, 0.25) is 5.91 Å². The largest absolute Gasteiger partial charge is 0.421 e. The second-order valence-electron chi connectivity index (χ2n) is 4.41. The van der Waals surface area contributed by atoms with Crippen LogP contribution >= 0.6 is 23.4 Å². The van der Waals surface area contributed by atoms with Crippen LogP contribution in [-0.4, -0.2) is 35.0 Å². The first kappa shape index (κ1) is 15.7. The molecule has 1 aliphatic rings. The highest BCUT2D eigenvalue weighted by atomic mass is 35.5. The molecule has 0 aromatic carbocycles. The molecule has 1 N–H and O–H groups in total. The van der Waals surface area contributed by atoms with E-state index >= 15 is 0 Å². The molecule has 0 fully saturated rings. The van der Waals surface area contributed by atoms with E-state index in [0.717, 1.165) is 0 Å². The summed E-state index contributed by atoms with van der Waals surface area (Å²) in [7, 11) is 0. The van der Waals surface area contributed by atoms with Crippen molar-refractivity contribution in [2.75, 3.05) is 22.2 Å². The molecule has 6 nitrogen and oxygen atoms in total. The number of carbonyl (C=O) groups excluding carboxylic acids is 2. The zero-order valence-electron chi connectivity index (χ0n) is 11.6. The van der Waals surface area contributed by atoms with Crippen LogP contribution in [0.5, 0.6) is 0 Å². The molecule has 0 bridgehead atoms. The second kappa shape index (κ2) is 6.36. The molecule has 2 rings (SSSR count). The van der Waals surface area contributed by atoms with Crippen LogP contribution in [0.1, 0.15) is 6.92 Å². The number of nitrogens with zero attached hydrogens (tertiary/aromatic N) is 2. The average Bonchev–Trinajstić information content (AvgIpc) is 2.39. The number of nitrogens with one attached hydrogen (secondary N) is 1. The van der Waals surface area contributed by atoms with E-state index < -0.39 is 12.1 Å². The van der Waals surface area contributed by atoms with E-state index in [1.165, 1.54) is 22.7 Å². The number of ether oxygens (including phenoxy) is 1. The molecule has 2 amide bonds. The molecule has 8 heteroatoms. The molecule has 21 heavy (non-hydrogen) atoms. The molecule has 1 unspecified atom stereocenters. The predicted octanol–water partition coefficient (Wildman–Crippen LogP) is 2.90. The summed E-state index contributed by atoms with van der Waals surface area (Å²) in [5, 5.41) is 2.94. The van der Waals surface area contributed by atoms with Crippen molar-refractivity contribution < 1.29 is 14.3 Å². The molecule has 0 saturated carbocycles. The van der Waals surface area contributed by atoms with E-state index in [4.69, 9.17) is 16.3 Å². The Morgan fingerprint density at radius 2 is 2.33 bits per heavy atom. The summed E-state index contributed by atoms with van der Waals surface area (Å²) in [6.45, 7) is 5.08. The van der Waals surface area contributed by atoms with Crippen LogP contribution in [0.15, 0.2) is 24.5 Å². The number of aromatic nitrogens is 1. The minimum atomic E-state index is -0.717. The van der Waals surface area contributed by atoms with Crippen LogP contribution in [0.2, 0.25) is 5.15 Å². The molecule has 0 spiro atoms. The molecule has 0 radical (unpaired) electrons. The molecular weight excluding hydrogens is 314 g/mol. The maximum atomic E-state index is 12.3. The van der Waals surface area contributed by atoms with Crippen LogP contribution in [0.3, 0.4) is 0 Å². The number of halogens is 1.